The molecule has 0 amide bonds. The van der Waals surface area contributed by atoms with E-state index >= 15 is 0 Å². The fourth-order valence-corrected chi connectivity index (χ4v) is 0.724. The SMILES string of the molecule is CC.CC(C)(O)O.OC1CCCCO1. The van der Waals surface area contributed by atoms with Gasteiger partial charge in [0.2, 0.25) is 0 Å². The highest BCUT2D eigenvalue weighted by Gasteiger charge is 2.07. The van der Waals surface area contributed by atoms with Crippen LogP contribution in [0, 0.1) is 0 Å². The second-order valence-corrected chi connectivity index (χ2v) is 3.32. The first kappa shape index (κ1) is 16.3. The zero-order valence-electron chi connectivity index (χ0n) is 9.66. The van der Waals surface area contributed by atoms with E-state index in [2.05, 4.69) is 0 Å². The minimum absolute atomic E-state index is 0.464. The quantitative estimate of drug-likeness (QED) is 0.524. The number of aliphatic hydroxyl groups is 3. The molecule has 1 rings (SSSR count). The first-order chi connectivity index (χ1) is 6.39. The van der Waals surface area contributed by atoms with Gasteiger partial charge < -0.3 is 20.1 Å². The average molecular weight is 208 g/mol. The molecule has 0 aliphatic carbocycles. The molecule has 0 aromatic carbocycles. The molecule has 1 aliphatic heterocycles. The van der Waals surface area contributed by atoms with Crippen molar-refractivity contribution >= 4 is 0 Å². The lowest BCUT2D eigenvalue weighted by Gasteiger charge is -2.16. The van der Waals surface area contributed by atoms with E-state index in [1.165, 1.54) is 13.8 Å². The molecule has 0 aromatic heterocycles. The summed E-state index contributed by atoms with van der Waals surface area (Å²) in [5, 5.41) is 24.8. The van der Waals surface area contributed by atoms with Gasteiger partial charge in [-0.3, -0.25) is 0 Å². The van der Waals surface area contributed by atoms with Crippen LogP contribution in [0.25, 0.3) is 0 Å². The number of ether oxygens (including phenoxy) is 1. The molecule has 4 heteroatoms. The van der Waals surface area contributed by atoms with E-state index < -0.39 is 12.1 Å². The minimum Gasteiger partial charge on any atom is -0.368 e. The Morgan fingerprint density at radius 1 is 1.14 bits per heavy atom. The van der Waals surface area contributed by atoms with Crippen LogP contribution in [0.1, 0.15) is 47.0 Å². The van der Waals surface area contributed by atoms with Crippen LogP contribution in [0.5, 0.6) is 0 Å². The van der Waals surface area contributed by atoms with E-state index in [9.17, 15) is 0 Å². The Labute approximate surface area is 86.5 Å². The molecule has 4 nitrogen and oxygen atoms in total. The van der Waals surface area contributed by atoms with Gasteiger partial charge in [-0.2, -0.15) is 0 Å². The Morgan fingerprint density at radius 3 is 1.71 bits per heavy atom. The fraction of sp³-hybridized carbons (Fsp3) is 1.00. The maximum absolute atomic E-state index is 8.69. The van der Waals surface area contributed by atoms with Crippen LogP contribution >= 0.6 is 0 Å². The Kier molecular flexibility index (Phi) is 10.9. The van der Waals surface area contributed by atoms with Crippen molar-refractivity contribution in [1.82, 2.24) is 0 Å². The third-order valence-electron chi connectivity index (χ3n) is 1.16. The van der Waals surface area contributed by atoms with Crippen molar-refractivity contribution in [3.63, 3.8) is 0 Å². The highest BCUT2D eigenvalue weighted by Crippen LogP contribution is 2.08. The zero-order valence-corrected chi connectivity index (χ0v) is 9.66. The number of aliphatic hydroxyl groups excluding tert-OH is 1. The summed E-state index contributed by atoms with van der Waals surface area (Å²) in [6.45, 7) is 7.33. The van der Waals surface area contributed by atoms with Crippen molar-refractivity contribution < 1.29 is 20.1 Å². The van der Waals surface area contributed by atoms with Crippen molar-refractivity contribution in [3.8, 4) is 0 Å². The van der Waals surface area contributed by atoms with Crippen molar-refractivity contribution in [2.45, 2.75) is 59.0 Å². The van der Waals surface area contributed by atoms with Crippen LogP contribution in [0.4, 0.5) is 0 Å². The Balaban J connectivity index is 0. The fourth-order valence-electron chi connectivity index (χ4n) is 0.724. The third-order valence-corrected chi connectivity index (χ3v) is 1.16. The topological polar surface area (TPSA) is 69.9 Å². The van der Waals surface area contributed by atoms with Crippen LogP contribution in [0.2, 0.25) is 0 Å². The lowest BCUT2D eigenvalue weighted by molar-refractivity contribution is -0.127. The van der Waals surface area contributed by atoms with Gasteiger partial charge in [0, 0.05) is 6.61 Å². The average Bonchev–Trinajstić information content (AvgIpc) is 2.06. The zero-order chi connectivity index (χ0) is 11.6. The van der Waals surface area contributed by atoms with Crippen molar-refractivity contribution in [2.24, 2.45) is 0 Å². The molecule has 0 radical (unpaired) electrons. The van der Waals surface area contributed by atoms with Gasteiger partial charge in [0.15, 0.2) is 12.1 Å². The van der Waals surface area contributed by atoms with E-state index in [0.29, 0.717) is 0 Å². The van der Waals surface area contributed by atoms with Gasteiger partial charge in [-0.25, -0.2) is 0 Å². The van der Waals surface area contributed by atoms with Gasteiger partial charge in [-0.1, -0.05) is 13.8 Å². The van der Waals surface area contributed by atoms with Gasteiger partial charge >= 0.3 is 0 Å². The number of rotatable bonds is 0. The smallest absolute Gasteiger partial charge is 0.156 e. The lowest BCUT2D eigenvalue weighted by Crippen LogP contribution is -2.17. The van der Waals surface area contributed by atoms with Gasteiger partial charge in [0.05, 0.1) is 0 Å². The molecule has 1 unspecified atom stereocenters. The predicted octanol–water partition coefficient (Wildman–Crippen LogP) is 1.24. The Hall–Kier alpha value is -0.160. The van der Waals surface area contributed by atoms with E-state index in [-0.39, 0.29) is 0 Å². The molecular formula is C10H24O4. The highest BCUT2D eigenvalue weighted by molar-refractivity contribution is 4.50. The molecule has 1 atom stereocenters. The maximum atomic E-state index is 8.69. The molecule has 88 valence electrons. The highest BCUT2D eigenvalue weighted by atomic mass is 16.6. The summed E-state index contributed by atoms with van der Waals surface area (Å²) in [6.07, 6.45) is 2.58. The second kappa shape index (κ2) is 9.40. The first-order valence-electron chi connectivity index (χ1n) is 5.14. The van der Waals surface area contributed by atoms with Crippen LogP contribution in [0.3, 0.4) is 0 Å². The van der Waals surface area contributed by atoms with Gasteiger partial charge in [-0.15, -0.1) is 0 Å². The van der Waals surface area contributed by atoms with E-state index in [0.717, 1.165) is 25.9 Å². The third kappa shape index (κ3) is 22.6. The predicted molar refractivity (Wildman–Crippen MR) is 55.7 cm³/mol. The van der Waals surface area contributed by atoms with E-state index in [4.69, 9.17) is 20.1 Å². The summed E-state index contributed by atoms with van der Waals surface area (Å²) in [5.74, 6) is -1.50. The molecule has 14 heavy (non-hydrogen) atoms. The first-order valence-corrected chi connectivity index (χ1v) is 5.14. The lowest BCUT2D eigenvalue weighted by atomic mass is 10.2. The van der Waals surface area contributed by atoms with Crippen LogP contribution in [-0.2, 0) is 4.74 Å². The molecule has 1 fully saturated rings. The van der Waals surface area contributed by atoms with Gasteiger partial charge in [0.25, 0.3) is 0 Å². The summed E-state index contributed by atoms with van der Waals surface area (Å²) in [5.41, 5.74) is 0. The summed E-state index contributed by atoms with van der Waals surface area (Å²) >= 11 is 0. The monoisotopic (exact) mass is 208 g/mol. The molecule has 1 heterocycles. The molecular weight excluding hydrogens is 184 g/mol. The van der Waals surface area contributed by atoms with Crippen molar-refractivity contribution in [2.75, 3.05) is 6.61 Å². The summed E-state index contributed by atoms with van der Waals surface area (Å²) in [4.78, 5) is 0. The molecule has 1 aliphatic rings. The molecule has 0 saturated carbocycles. The molecule has 0 bridgehead atoms. The van der Waals surface area contributed by atoms with Crippen LogP contribution in [0.15, 0.2) is 0 Å². The van der Waals surface area contributed by atoms with Crippen LogP contribution in [-0.4, -0.2) is 34.0 Å². The van der Waals surface area contributed by atoms with Gasteiger partial charge in [0.1, 0.15) is 0 Å². The van der Waals surface area contributed by atoms with E-state index in [1.54, 1.807) is 0 Å². The maximum Gasteiger partial charge on any atom is 0.156 e. The summed E-state index contributed by atoms with van der Waals surface area (Å²) in [7, 11) is 0. The van der Waals surface area contributed by atoms with Crippen molar-refractivity contribution in [3.05, 3.63) is 0 Å². The van der Waals surface area contributed by atoms with E-state index in [1.807, 2.05) is 13.8 Å². The normalized spacial score (nSPS) is 21.2. The molecule has 1 saturated heterocycles. The minimum atomic E-state index is -1.50. The molecule has 0 aromatic rings. The molecule has 3 N–H and O–H groups in total. The largest absolute Gasteiger partial charge is 0.368 e. The standard InChI is InChI=1S/C5H10O2.C3H8O2.C2H6/c6-5-3-1-2-4-7-5;1-3(2,4)5;1-2/h5-6H,1-4H2;4-5H,1-2H3;1-2H3. The Morgan fingerprint density at radius 2 is 1.57 bits per heavy atom. The van der Waals surface area contributed by atoms with Gasteiger partial charge in [-0.05, 0) is 33.1 Å². The number of hydrogen-bond donors (Lipinski definition) is 3. The number of hydrogen-bond acceptors (Lipinski definition) is 4. The van der Waals surface area contributed by atoms with Crippen LogP contribution < -0.4 is 0 Å². The summed E-state index contributed by atoms with van der Waals surface area (Å²) < 4.78 is 4.83. The summed E-state index contributed by atoms with van der Waals surface area (Å²) in [6, 6.07) is 0. The Bertz CT molecular complexity index is 97.2. The second-order valence-electron chi connectivity index (χ2n) is 3.32. The molecule has 0 spiro atoms. The van der Waals surface area contributed by atoms with Crippen molar-refractivity contribution in [1.29, 1.82) is 0 Å².